The summed E-state index contributed by atoms with van der Waals surface area (Å²) in [6, 6.07) is 4.63. The van der Waals surface area contributed by atoms with Crippen LogP contribution in [0, 0.1) is 0 Å². The van der Waals surface area contributed by atoms with Gasteiger partial charge in [-0.3, -0.25) is 23.9 Å². The van der Waals surface area contributed by atoms with Crippen molar-refractivity contribution in [3.8, 4) is 0 Å². The van der Waals surface area contributed by atoms with Crippen LogP contribution in [0.3, 0.4) is 0 Å². The third-order valence-corrected chi connectivity index (χ3v) is 6.79. The van der Waals surface area contributed by atoms with Crippen molar-refractivity contribution < 1.29 is 18.6 Å². The van der Waals surface area contributed by atoms with Gasteiger partial charge in [0.05, 0.1) is 10.8 Å². The number of unbranched alkanes of at least 4 members (excludes halogenated alkanes) is 1. The molecule has 1 aromatic rings. The number of halogens is 1. The van der Waals surface area contributed by atoms with E-state index in [1.54, 1.807) is 18.2 Å². The third kappa shape index (κ3) is 3.79. The van der Waals surface area contributed by atoms with Gasteiger partial charge in [0.2, 0.25) is 11.8 Å². The fourth-order valence-corrected chi connectivity index (χ4v) is 5.11. The number of amides is 3. The highest BCUT2D eigenvalue weighted by molar-refractivity contribution is 14.1. The van der Waals surface area contributed by atoms with E-state index in [1.165, 1.54) is 4.90 Å². The molecule has 0 bridgehead atoms. The molecule has 3 amide bonds. The number of nitrogens with zero attached hydrogens (tertiary/aromatic N) is 1. The maximum Gasteiger partial charge on any atom is 0.255 e. The lowest BCUT2D eigenvalue weighted by Crippen LogP contribution is -2.52. The Labute approximate surface area is 162 Å². The van der Waals surface area contributed by atoms with Gasteiger partial charge in [-0.05, 0) is 35.8 Å². The van der Waals surface area contributed by atoms with E-state index in [1.807, 2.05) is 0 Å². The van der Waals surface area contributed by atoms with Crippen LogP contribution in [0.2, 0.25) is 0 Å². The number of imide groups is 1. The van der Waals surface area contributed by atoms with Crippen LogP contribution in [0.15, 0.2) is 23.1 Å². The molecule has 25 heavy (non-hydrogen) atoms. The number of hydrogen-bond donors (Lipinski definition) is 1. The summed E-state index contributed by atoms with van der Waals surface area (Å²) in [5, 5.41) is 2.29. The van der Waals surface area contributed by atoms with Crippen molar-refractivity contribution in [1.29, 1.82) is 0 Å². The van der Waals surface area contributed by atoms with E-state index >= 15 is 0 Å². The maximum atomic E-state index is 12.7. The largest absolute Gasteiger partial charge is 0.322 e. The van der Waals surface area contributed by atoms with Crippen molar-refractivity contribution in [2.45, 2.75) is 43.2 Å². The van der Waals surface area contributed by atoms with E-state index in [0.29, 0.717) is 22.6 Å². The molecule has 134 valence electrons. The summed E-state index contributed by atoms with van der Waals surface area (Å²) in [6.45, 7) is 0.272. The van der Waals surface area contributed by atoms with Gasteiger partial charge in [0.15, 0.2) is 0 Å². The Morgan fingerprint density at radius 2 is 2.04 bits per heavy atom. The van der Waals surface area contributed by atoms with Gasteiger partial charge in [-0.15, -0.1) is 0 Å². The van der Waals surface area contributed by atoms with Crippen molar-refractivity contribution in [1.82, 2.24) is 10.2 Å². The fraction of sp³-hybridized carbons (Fsp3) is 0.471. The minimum atomic E-state index is -1.15. The molecule has 2 aliphatic heterocycles. The van der Waals surface area contributed by atoms with E-state index in [9.17, 15) is 18.6 Å². The number of fused-ring (bicyclic) bond motifs is 1. The zero-order chi connectivity index (χ0) is 18.0. The highest BCUT2D eigenvalue weighted by Crippen LogP contribution is 2.31. The molecule has 6 nitrogen and oxygen atoms in total. The predicted octanol–water partition coefficient (Wildman–Crippen LogP) is 1.77. The number of benzene rings is 1. The summed E-state index contributed by atoms with van der Waals surface area (Å²) >= 11 is 2.30. The topological polar surface area (TPSA) is 83.6 Å². The van der Waals surface area contributed by atoms with Gasteiger partial charge in [-0.2, -0.15) is 0 Å². The van der Waals surface area contributed by atoms with Crippen LogP contribution in [0.25, 0.3) is 0 Å². The van der Waals surface area contributed by atoms with E-state index < -0.39 is 22.7 Å². The molecular formula is C17H19IN2O4S. The Morgan fingerprint density at radius 3 is 2.76 bits per heavy atom. The zero-order valence-corrected chi connectivity index (χ0v) is 16.6. The number of hydrogen-bond acceptors (Lipinski definition) is 4. The lowest BCUT2D eigenvalue weighted by Gasteiger charge is -2.29. The first-order valence-electron chi connectivity index (χ1n) is 8.24. The number of alkyl halides is 1. The highest BCUT2D eigenvalue weighted by Gasteiger charge is 2.40. The smallest absolute Gasteiger partial charge is 0.255 e. The molecule has 1 saturated heterocycles. The molecule has 1 aromatic carbocycles. The van der Waals surface area contributed by atoms with Crippen LogP contribution in [0.1, 0.15) is 41.6 Å². The van der Waals surface area contributed by atoms with Gasteiger partial charge in [-0.1, -0.05) is 28.7 Å². The van der Waals surface area contributed by atoms with Gasteiger partial charge in [0.1, 0.15) is 6.04 Å². The second-order valence-corrected chi connectivity index (χ2v) is 8.75. The van der Waals surface area contributed by atoms with E-state index in [2.05, 4.69) is 27.9 Å². The SMILES string of the molecule is O=C1CCC(N2Cc3c(cccc3S(=O)CCCCI)C2=O)C(=O)N1. The Balaban J connectivity index is 1.81. The number of carbonyl (C=O) groups excluding carboxylic acids is 3. The number of piperidine rings is 1. The van der Waals surface area contributed by atoms with Crippen molar-refractivity contribution in [3.05, 3.63) is 29.3 Å². The molecule has 0 radical (unpaired) electrons. The van der Waals surface area contributed by atoms with E-state index in [4.69, 9.17) is 0 Å². The molecule has 0 aromatic heterocycles. The number of rotatable bonds is 6. The zero-order valence-electron chi connectivity index (χ0n) is 13.6. The van der Waals surface area contributed by atoms with Crippen molar-refractivity contribution >= 4 is 51.1 Å². The molecule has 1 N–H and O–H groups in total. The minimum Gasteiger partial charge on any atom is -0.322 e. The first-order valence-corrected chi connectivity index (χ1v) is 11.1. The average Bonchev–Trinajstić information content (AvgIpc) is 2.92. The molecular weight excluding hydrogens is 455 g/mol. The monoisotopic (exact) mass is 474 g/mol. The Bertz CT molecular complexity index is 752. The van der Waals surface area contributed by atoms with Gasteiger partial charge in [0.25, 0.3) is 5.91 Å². The summed E-state index contributed by atoms with van der Waals surface area (Å²) in [7, 11) is -1.15. The summed E-state index contributed by atoms with van der Waals surface area (Å²) < 4.78 is 13.7. The molecule has 1 fully saturated rings. The second-order valence-electron chi connectivity index (χ2n) is 6.13. The van der Waals surface area contributed by atoms with E-state index in [-0.39, 0.29) is 24.8 Å². The van der Waals surface area contributed by atoms with Gasteiger partial charge >= 0.3 is 0 Å². The highest BCUT2D eigenvalue weighted by atomic mass is 127. The summed E-state index contributed by atoms with van der Waals surface area (Å²) in [5.41, 5.74) is 1.27. The van der Waals surface area contributed by atoms with Crippen LogP contribution < -0.4 is 5.32 Å². The summed E-state index contributed by atoms with van der Waals surface area (Å²) in [4.78, 5) is 38.3. The minimum absolute atomic E-state index is 0.226. The molecule has 3 rings (SSSR count). The lowest BCUT2D eigenvalue weighted by atomic mass is 10.0. The van der Waals surface area contributed by atoms with Gasteiger partial charge in [-0.25, -0.2) is 0 Å². The third-order valence-electron chi connectivity index (χ3n) is 4.50. The van der Waals surface area contributed by atoms with Crippen LogP contribution in [-0.2, 0) is 26.9 Å². The molecule has 2 aliphatic rings. The molecule has 2 unspecified atom stereocenters. The Kier molecular flexibility index (Phi) is 5.88. The van der Waals surface area contributed by atoms with Crippen molar-refractivity contribution in [3.63, 3.8) is 0 Å². The fourth-order valence-electron chi connectivity index (χ4n) is 3.21. The number of nitrogens with one attached hydrogen (secondary N) is 1. The Hall–Kier alpha value is -1.29. The van der Waals surface area contributed by atoms with Gasteiger partial charge in [0, 0.05) is 34.7 Å². The van der Waals surface area contributed by atoms with Crippen LogP contribution in [0.5, 0.6) is 0 Å². The second kappa shape index (κ2) is 7.94. The summed E-state index contributed by atoms with van der Waals surface area (Å²) in [6.07, 6.45) is 2.46. The average molecular weight is 474 g/mol. The molecule has 2 heterocycles. The number of carbonyl (C=O) groups is 3. The van der Waals surface area contributed by atoms with Crippen LogP contribution >= 0.6 is 22.6 Å². The normalized spacial score (nSPS) is 21.2. The molecule has 0 spiro atoms. The van der Waals surface area contributed by atoms with E-state index in [0.717, 1.165) is 22.8 Å². The predicted molar refractivity (Wildman–Crippen MR) is 102 cm³/mol. The van der Waals surface area contributed by atoms with Crippen LogP contribution in [0.4, 0.5) is 0 Å². The van der Waals surface area contributed by atoms with Crippen molar-refractivity contribution in [2.24, 2.45) is 0 Å². The maximum absolute atomic E-state index is 12.7. The molecule has 0 saturated carbocycles. The lowest BCUT2D eigenvalue weighted by molar-refractivity contribution is -0.136. The molecule has 8 heteroatoms. The quantitative estimate of drug-likeness (QED) is 0.295. The molecule has 0 aliphatic carbocycles. The standard InChI is InChI=1S/C17H19IN2O4S/c18-8-1-2-9-25(24)14-5-3-4-11-12(14)10-20(17(11)23)13-6-7-15(21)19-16(13)22/h3-5,13H,1-2,6-10H2,(H,19,21,22). The van der Waals surface area contributed by atoms with Crippen molar-refractivity contribution in [2.75, 3.05) is 10.2 Å². The first-order chi connectivity index (χ1) is 12.0. The first kappa shape index (κ1) is 18.5. The Morgan fingerprint density at radius 1 is 1.24 bits per heavy atom. The van der Waals surface area contributed by atoms with Gasteiger partial charge < -0.3 is 4.90 Å². The summed E-state index contributed by atoms with van der Waals surface area (Å²) in [5.74, 6) is -0.383. The van der Waals surface area contributed by atoms with Crippen LogP contribution in [-0.4, -0.2) is 43.1 Å². The molecule has 2 atom stereocenters.